The number of rotatable bonds is 4. The third-order valence-electron chi connectivity index (χ3n) is 1.76. The predicted molar refractivity (Wildman–Crippen MR) is 56.4 cm³/mol. The highest BCUT2D eigenvalue weighted by atomic mass is 32.2. The lowest BCUT2D eigenvalue weighted by atomic mass is 10.3. The maximum absolute atomic E-state index is 13.2. The first kappa shape index (κ1) is 11.3. The fraction of sp³-hybridized carbons (Fsp3) is 0.400. The molecule has 14 heavy (non-hydrogen) atoms. The number of hydrogen-bond donors (Lipinski definition) is 1. The van der Waals surface area contributed by atoms with Crippen LogP contribution in [0.3, 0.4) is 0 Å². The summed E-state index contributed by atoms with van der Waals surface area (Å²) in [7, 11) is 0. The summed E-state index contributed by atoms with van der Waals surface area (Å²) in [6.07, 6.45) is 1.97. The number of nitrogen functional groups attached to an aromatic ring is 1. The molecule has 2 N–H and O–H groups in total. The van der Waals surface area contributed by atoms with Crippen LogP contribution in [-0.4, -0.2) is 5.75 Å². The van der Waals surface area contributed by atoms with Gasteiger partial charge in [-0.15, -0.1) is 11.8 Å². The molecule has 4 heteroatoms. The van der Waals surface area contributed by atoms with Crippen LogP contribution in [0.25, 0.3) is 0 Å². The summed E-state index contributed by atoms with van der Waals surface area (Å²) in [6, 6.07) is 2.30. The summed E-state index contributed by atoms with van der Waals surface area (Å²) in [5.74, 6) is -0.402. The number of unbranched alkanes of at least 4 members (excludes halogenated alkanes) is 1. The second-order valence-electron chi connectivity index (χ2n) is 3.02. The SMILES string of the molecule is CCCCSc1c(F)cc(N)cc1F. The third-order valence-corrected chi connectivity index (χ3v) is 2.94. The Hall–Kier alpha value is -0.770. The Morgan fingerprint density at radius 2 is 1.86 bits per heavy atom. The van der Waals surface area contributed by atoms with Gasteiger partial charge in [0.25, 0.3) is 0 Å². The molecule has 78 valence electrons. The Labute approximate surface area is 86.7 Å². The van der Waals surface area contributed by atoms with Crippen molar-refractivity contribution in [3.8, 4) is 0 Å². The first-order valence-electron chi connectivity index (χ1n) is 4.52. The minimum Gasteiger partial charge on any atom is -0.399 e. The highest BCUT2D eigenvalue weighted by molar-refractivity contribution is 7.99. The molecule has 0 saturated heterocycles. The zero-order valence-electron chi connectivity index (χ0n) is 8.02. The monoisotopic (exact) mass is 217 g/mol. The quantitative estimate of drug-likeness (QED) is 0.475. The number of thioether (sulfide) groups is 1. The Morgan fingerprint density at radius 1 is 1.29 bits per heavy atom. The van der Waals surface area contributed by atoms with Crippen molar-refractivity contribution in [3.63, 3.8) is 0 Å². The Morgan fingerprint density at radius 3 is 2.36 bits per heavy atom. The molecule has 1 nitrogen and oxygen atoms in total. The maximum atomic E-state index is 13.2. The van der Waals surface area contributed by atoms with Crippen LogP contribution in [0, 0.1) is 11.6 Å². The summed E-state index contributed by atoms with van der Waals surface area (Å²) in [4.78, 5) is 0.0765. The largest absolute Gasteiger partial charge is 0.399 e. The zero-order chi connectivity index (χ0) is 10.6. The van der Waals surface area contributed by atoms with Gasteiger partial charge in [0.2, 0.25) is 0 Å². The van der Waals surface area contributed by atoms with E-state index >= 15 is 0 Å². The molecule has 1 aromatic carbocycles. The molecule has 0 aromatic heterocycles. The highest BCUT2D eigenvalue weighted by Gasteiger charge is 2.10. The molecule has 0 aliphatic carbocycles. The van der Waals surface area contributed by atoms with E-state index in [2.05, 4.69) is 0 Å². The average Bonchev–Trinajstić information content (AvgIpc) is 2.09. The Bertz CT molecular complexity index is 292. The summed E-state index contributed by atoms with van der Waals surface area (Å²) < 4.78 is 26.4. The molecule has 0 aliphatic heterocycles. The van der Waals surface area contributed by atoms with E-state index in [9.17, 15) is 8.78 Å². The fourth-order valence-electron chi connectivity index (χ4n) is 1.04. The second kappa shape index (κ2) is 5.20. The van der Waals surface area contributed by atoms with Crippen LogP contribution < -0.4 is 5.73 Å². The van der Waals surface area contributed by atoms with Crippen LogP contribution in [0.4, 0.5) is 14.5 Å². The molecule has 0 aliphatic rings. The zero-order valence-corrected chi connectivity index (χ0v) is 8.83. The van der Waals surface area contributed by atoms with Crippen LogP contribution >= 0.6 is 11.8 Å². The van der Waals surface area contributed by atoms with Gasteiger partial charge in [-0.2, -0.15) is 0 Å². The van der Waals surface area contributed by atoms with Crippen molar-refractivity contribution in [2.75, 3.05) is 11.5 Å². The molecule has 0 spiro atoms. The summed E-state index contributed by atoms with van der Waals surface area (Å²) >= 11 is 1.20. The number of halogens is 2. The van der Waals surface area contributed by atoms with Crippen molar-refractivity contribution in [2.45, 2.75) is 24.7 Å². The van der Waals surface area contributed by atoms with Crippen LogP contribution in [0.1, 0.15) is 19.8 Å². The summed E-state index contributed by atoms with van der Waals surface area (Å²) in [5, 5.41) is 0. The van der Waals surface area contributed by atoms with Gasteiger partial charge >= 0.3 is 0 Å². The van der Waals surface area contributed by atoms with Crippen LogP contribution in [-0.2, 0) is 0 Å². The van der Waals surface area contributed by atoms with Gasteiger partial charge in [0.15, 0.2) is 0 Å². The maximum Gasteiger partial charge on any atom is 0.141 e. The standard InChI is InChI=1S/C10H13F2NS/c1-2-3-4-14-10-8(11)5-7(13)6-9(10)12/h5-6H,2-4,13H2,1H3. The van der Waals surface area contributed by atoms with E-state index in [-0.39, 0.29) is 10.6 Å². The minimum atomic E-state index is -0.566. The van der Waals surface area contributed by atoms with Gasteiger partial charge in [-0.25, -0.2) is 8.78 Å². The first-order valence-corrected chi connectivity index (χ1v) is 5.51. The molecular formula is C10H13F2NS. The minimum absolute atomic E-state index is 0.0765. The molecule has 0 radical (unpaired) electrons. The van der Waals surface area contributed by atoms with E-state index in [0.717, 1.165) is 30.7 Å². The number of anilines is 1. The Kier molecular flexibility index (Phi) is 4.20. The van der Waals surface area contributed by atoms with E-state index in [4.69, 9.17) is 5.73 Å². The molecule has 0 unspecified atom stereocenters. The van der Waals surface area contributed by atoms with Crippen molar-refractivity contribution in [2.24, 2.45) is 0 Å². The molecule has 0 fully saturated rings. The average molecular weight is 217 g/mol. The molecule has 0 atom stereocenters. The molecule has 0 amide bonds. The fourth-order valence-corrected chi connectivity index (χ4v) is 2.07. The molecule has 1 rings (SSSR count). The van der Waals surface area contributed by atoms with Gasteiger partial charge in [0.05, 0.1) is 4.90 Å². The lowest BCUT2D eigenvalue weighted by Gasteiger charge is -2.04. The smallest absolute Gasteiger partial charge is 0.141 e. The van der Waals surface area contributed by atoms with Gasteiger partial charge in [0.1, 0.15) is 11.6 Å². The van der Waals surface area contributed by atoms with Crippen LogP contribution in [0.5, 0.6) is 0 Å². The van der Waals surface area contributed by atoms with Crippen molar-refractivity contribution in [3.05, 3.63) is 23.8 Å². The van der Waals surface area contributed by atoms with E-state index < -0.39 is 11.6 Å². The van der Waals surface area contributed by atoms with Gasteiger partial charge in [0, 0.05) is 5.69 Å². The van der Waals surface area contributed by atoms with E-state index in [1.165, 1.54) is 11.8 Å². The van der Waals surface area contributed by atoms with Crippen molar-refractivity contribution < 1.29 is 8.78 Å². The first-order chi connectivity index (χ1) is 6.65. The molecular weight excluding hydrogens is 204 g/mol. The van der Waals surface area contributed by atoms with Crippen molar-refractivity contribution in [1.29, 1.82) is 0 Å². The van der Waals surface area contributed by atoms with Gasteiger partial charge in [-0.3, -0.25) is 0 Å². The topological polar surface area (TPSA) is 26.0 Å². The van der Waals surface area contributed by atoms with Gasteiger partial charge < -0.3 is 5.73 Å². The van der Waals surface area contributed by atoms with Crippen LogP contribution in [0.15, 0.2) is 17.0 Å². The van der Waals surface area contributed by atoms with E-state index in [1.54, 1.807) is 0 Å². The second-order valence-corrected chi connectivity index (χ2v) is 4.12. The summed E-state index contributed by atoms with van der Waals surface area (Å²) in [6.45, 7) is 2.04. The lowest BCUT2D eigenvalue weighted by Crippen LogP contribution is -1.93. The van der Waals surface area contributed by atoms with Crippen molar-refractivity contribution >= 4 is 17.4 Å². The number of nitrogens with two attached hydrogens (primary N) is 1. The van der Waals surface area contributed by atoms with Gasteiger partial charge in [-0.05, 0) is 24.3 Å². The Balaban J connectivity index is 2.75. The molecule has 0 saturated carbocycles. The molecule has 0 heterocycles. The number of benzene rings is 1. The predicted octanol–water partition coefficient (Wildman–Crippen LogP) is 3.44. The molecule has 1 aromatic rings. The normalized spacial score (nSPS) is 10.5. The lowest BCUT2D eigenvalue weighted by molar-refractivity contribution is 0.541. The van der Waals surface area contributed by atoms with Gasteiger partial charge in [-0.1, -0.05) is 13.3 Å². The van der Waals surface area contributed by atoms with E-state index in [0.29, 0.717) is 0 Å². The van der Waals surface area contributed by atoms with Crippen molar-refractivity contribution in [1.82, 2.24) is 0 Å². The number of hydrogen-bond acceptors (Lipinski definition) is 2. The third kappa shape index (κ3) is 2.87. The van der Waals surface area contributed by atoms with E-state index in [1.807, 2.05) is 6.92 Å². The van der Waals surface area contributed by atoms with Crippen LogP contribution in [0.2, 0.25) is 0 Å². The molecule has 0 bridgehead atoms. The highest BCUT2D eigenvalue weighted by Crippen LogP contribution is 2.27. The summed E-state index contributed by atoms with van der Waals surface area (Å²) in [5.41, 5.74) is 5.42.